The molecule has 0 atom stereocenters. The topological polar surface area (TPSA) is 60.4 Å². The summed E-state index contributed by atoms with van der Waals surface area (Å²) in [6.07, 6.45) is 0.578. The molecule has 4 nitrogen and oxygen atoms in total. The zero-order valence-electron chi connectivity index (χ0n) is 11.7. The van der Waals surface area contributed by atoms with Crippen LogP contribution in [0, 0.1) is 11.2 Å². The van der Waals surface area contributed by atoms with Crippen LogP contribution in [0.5, 0.6) is 0 Å². The summed E-state index contributed by atoms with van der Waals surface area (Å²) < 4.78 is 41.2. The lowest BCUT2D eigenvalue weighted by molar-refractivity contribution is 0.0459. The van der Waals surface area contributed by atoms with Gasteiger partial charge in [-0.2, -0.15) is 0 Å². The molecule has 21 heavy (non-hydrogen) atoms. The molecule has 0 saturated heterocycles. The Morgan fingerprint density at radius 2 is 1.90 bits per heavy atom. The Morgan fingerprint density at radius 1 is 1.33 bits per heavy atom. The van der Waals surface area contributed by atoms with Crippen molar-refractivity contribution in [1.82, 2.24) is 0 Å². The van der Waals surface area contributed by atoms with E-state index in [1.165, 1.54) is 0 Å². The zero-order chi connectivity index (χ0) is 16.4. The third kappa shape index (κ3) is 5.45. The van der Waals surface area contributed by atoms with Crippen molar-refractivity contribution in [3.63, 3.8) is 0 Å². The van der Waals surface area contributed by atoms with Crippen LogP contribution in [-0.2, 0) is 13.8 Å². The maximum absolute atomic E-state index is 13.7. The lowest BCUT2D eigenvalue weighted by Gasteiger charge is -2.17. The molecule has 0 fully saturated rings. The second-order valence-corrected chi connectivity index (χ2v) is 8.59. The van der Waals surface area contributed by atoms with Crippen molar-refractivity contribution in [2.75, 3.05) is 6.61 Å². The van der Waals surface area contributed by atoms with Gasteiger partial charge < -0.3 is 4.74 Å². The van der Waals surface area contributed by atoms with E-state index in [2.05, 4.69) is 0 Å². The first-order valence-electron chi connectivity index (χ1n) is 6.02. The average Bonchev–Trinajstić information content (AvgIpc) is 2.24. The van der Waals surface area contributed by atoms with Crippen LogP contribution in [-0.4, -0.2) is 21.0 Å². The van der Waals surface area contributed by atoms with Gasteiger partial charge >= 0.3 is 5.97 Å². The Hall–Kier alpha value is -0.850. The molecule has 0 spiro atoms. The predicted molar refractivity (Wildman–Crippen MR) is 78.8 cm³/mol. The van der Waals surface area contributed by atoms with Gasteiger partial charge in [0.1, 0.15) is 10.7 Å². The van der Waals surface area contributed by atoms with Crippen LogP contribution in [0.2, 0.25) is 5.02 Å². The number of esters is 1. The maximum atomic E-state index is 13.7. The third-order valence-electron chi connectivity index (χ3n) is 2.59. The molecule has 0 amide bonds. The Morgan fingerprint density at radius 3 is 2.38 bits per heavy atom. The van der Waals surface area contributed by atoms with Crippen LogP contribution >= 0.6 is 22.3 Å². The number of carbonyl (C=O) groups is 1. The molecule has 0 aliphatic heterocycles. The SMILES string of the molecule is CC(C)(C)CCOC(=O)c1cc(S(=O)(=O)Cl)c(Cl)cc1F. The Bertz CT molecular complexity index is 651. The summed E-state index contributed by atoms with van der Waals surface area (Å²) in [6.45, 7) is 5.97. The number of hydrogen-bond donors (Lipinski definition) is 0. The van der Waals surface area contributed by atoms with Crippen molar-refractivity contribution < 1.29 is 22.3 Å². The van der Waals surface area contributed by atoms with Crippen LogP contribution in [0.3, 0.4) is 0 Å². The third-order valence-corrected chi connectivity index (χ3v) is 4.38. The van der Waals surface area contributed by atoms with Crippen LogP contribution in [0.15, 0.2) is 17.0 Å². The summed E-state index contributed by atoms with van der Waals surface area (Å²) in [5.41, 5.74) is -0.573. The predicted octanol–water partition coefficient (Wildman–Crippen LogP) is 4.00. The number of rotatable bonds is 4. The standard InChI is InChI=1S/C13H15Cl2FO4S/c1-13(2,3)4-5-20-12(17)8-6-11(21(15,18)19)9(14)7-10(8)16/h6-7H,4-5H2,1-3H3. The highest BCUT2D eigenvalue weighted by Gasteiger charge is 2.23. The summed E-state index contributed by atoms with van der Waals surface area (Å²) in [5.74, 6) is -1.93. The first kappa shape index (κ1) is 18.2. The fraction of sp³-hybridized carbons (Fsp3) is 0.462. The molecule has 0 saturated carbocycles. The summed E-state index contributed by atoms with van der Waals surface area (Å²) >= 11 is 5.60. The van der Waals surface area contributed by atoms with Crippen molar-refractivity contribution in [2.24, 2.45) is 5.41 Å². The van der Waals surface area contributed by atoms with Gasteiger partial charge in [-0.3, -0.25) is 0 Å². The lowest BCUT2D eigenvalue weighted by atomic mass is 9.93. The van der Waals surface area contributed by atoms with Gasteiger partial charge in [0.25, 0.3) is 9.05 Å². The highest BCUT2D eigenvalue weighted by atomic mass is 35.7. The van der Waals surface area contributed by atoms with E-state index < -0.39 is 36.3 Å². The monoisotopic (exact) mass is 356 g/mol. The van der Waals surface area contributed by atoms with Crippen LogP contribution in [0.25, 0.3) is 0 Å². The van der Waals surface area contributed by atoms with E-state index in [4.69, 9.17) is 27.0 Å². The second-order valence-electron chi connectivity index (χ2n) is 5.65. The number of hydrogen-bond acceptors (Lipinski definition) is 4. The smallest absolute Gasteiger partial charge is 0.341 e. The first-order chi connectivity index (χ1) is 9.42. The van der Waals surface area contributed by atoms with E-state index in [0.717, 1.165) is 12.1 Å². The Labute approximate surface area is 132 Å². The minimum absolute atomic E-state index is 0.0521. The fourth-order valence-electron chi connectivity index (χ4n) is 1.40. The van der Waals surface area contributed by atoms with Crippen LogP contribution < -0.4 is 0 Å². The highest BCUT2D eigenvalue weighted by Crippen LogP contribution is 2.28. The van der Waals surface area contributed by atoms with Crippen molar-refractivity contribution in [2.45, 2.75) is 32.1 Å². The molecule has 0 aliphatic carbocycles. The zero-order valence-corrected chi connectivity index (χ0v) is 14.1. The molecular weight excluding hydrogens is 342 g/mol. The molecule has 0 bridgehead atoms. The molecule has 0 aromatic heterocycles. The summed E-state index contributed by atoms with van der Waals surface area (Å²) in [7, 11) is 0.986. The molecular formula is C13H15Cl2FO4S. The fourth-order valence-corrected chi connectivity index (χ4v) is 2.91. The van der Waals surface area contributed by atoms with Gasteiger partial charge in [-0.15, -0.1) is 0 Å². The lowest BCUT2D eigenvalue weighted by Crippen LogP contribution is -2.14. The largest absolute Gasteiger partial charge is 0.462 e. The van der Waals surface area contributed by atoms with Crippen molar-refractivity contribution in [1.29, 1.82) is 0 Å². The molecule has 1 rings (SSSR count). The van der Waals surface area contributed by atoms with Crippen molar-refractivity contribution in [3.05, 3.63) is 28.5 Å². The molecule has 8 heteroatoms. The van der Waals surface area contributed by atoms with E-state index in [1.807, 2.05) is 20.8 Å². The second kappa shape index (κ2) is 6.50. The van der Waals surface area contributed by atoms with E-state index in [9.17, 15) is 17.6 Å². The van der Waals surface area contributed by atoms with Gasteiger partial charge in [0.2, 0.25) is 0 Å². The summed E-state index contributed by atoms with van der Waals surface area (Å²) in [4.78, 5) is 11.3. The number of benzene rings is 1. The quantitative estimate of drug-likeness (QED) is 0.604. The molecule has 0 aliphatic rings. The molecule has 1 aromatic carbocycles. The van der Waals surface area contributed by atoms with Crippen LogP contribution in [0.1, 0.15) is 37.6 Å². The van der Waals surface area contributed by atoms with E-state index in [0.29, 0.717) is 6.42 Å². The van der Waals surface area contributed by atoms with E-state index >= 15 is 0 Å². The van der Waals surface area contributed by atoms with Gasteiger partial charge in [0.15, 0.2) is 0 Å². The van der Waals surface area contributed by atoms with E-state index in [-0.39, 0.29) is 12.0 Å². The summed E-state index contributed by atoms with van der Waals surface area (Å²) in [6, 6.07) is 1.50. The number of halogens is 3. The van der Waals surface area contributed by atoms with Crippen LogP contribution in [0.4, 0.5) is 4.39 Å². The Kier molecular flexibility index (Phi) is 5.63. The first-order valence-corrected chi connectivity index (χ1v) is 8.71. The highest BCUT2D eigenvalue weighted by molar-refractivity contribution is 8.13. The van der Waals surface area contributed by atoms with Gasteiger partial charge in [-0.1, -0.05) is 32.4 Å². The minimum Gasteiger partial charge on any atom is -0.462 e. The molecule has 118 valence electrons. The van der Waals surface area contributed by atoms with Crippen molar-refractivity contribution in [3.8, 4) is 0 Å². The average molecular weight is 357 g/mol. The maximum Gasteiger partial charge on any atom is 0.341 e. The van der Waals surface area contributed by atoms with Gasteiger partial charge in [-0.05, 0) is 24.0 Å². The van der Waals surface area contributed by atoms with Gasteiger partial charge in [0, 0.05) is 10.7 Å². The van der Waals surface area contributed by atoms with Gasteiger partial charge in [0.05, 0.1) is 17.2 Å². The molecule has 1 aromatic rings. The normalized spacial score (nSPS) is 12.3. The number of ether oxygens (including phenoxy) is 1. The minimum atomic E-state index is -4.18. The van der Waals surface area contributed by atoms with Crippen molar-refractivity contribution >= 4 is 37.3 Å². The molecule has 0 radical (unpaired) electrons. The number of carbonyl (C=O) groups excluding carboxylic acids is 1. The molecule has 0 unspecified atom stereocenters. The molecule has 0 N–H and O–H groups in total. The Balaban J connectivity index is 3.00. The van der Waals surface area contributed by atoms with E-state index in [1.54, 1.807) is 0 Å². The molecule has 0 heterocycles. The summed E-state index contributed by atoms with van der Waals surface area (Å²) in [5, 5.41) is -0.395. The van der Waals surface area contributed by atoms with Gasteiger partial charge in [-0.25, -0.2) is 17.6 Å².